The minimum absolute atomic E-state index is 0.0748. The van der Waals surface area contributed by atoms with Crippen molar-refractivity contribution in [1.29, 1.82) is 0 Å². The van der Waals surface area contributed by atoms with Gasteiger partial charge in [0.2, 0.25) is 0 Å². The second-order valence-electron chi connectivity index (χ2n) is 4.79. The monoisotopic (exact) mass is 268 g/mol. The average molecular weight is 268 g/mol. The van der Waals surface area contributed by atoms with Crippen molar-refractivity contribution in [1.82, 2.24) is 0 Å². The number of amides is 1. The molecule has 2 aromatic carbocycles. The molecule has 20 heavy (non-hydrogen) atoms. The van der Waals surface area contributed by atoms with Gasteiger partial charge in [-0.3, -0.25) is 4.79 Å². The van der Waals surface area contributed by atoms with Gasteiger partial charge in [-0.2, -0.15) is 0 Å². The van der Waals surface area contributed by atoms with Crippen LogP contribution in [0.5, 0.6) is 5.75 Å². The number of benzene rings is 2. The van der Waals surface area contributed by atoms with Crippen LogP contribution in [-0.4, -0.2) is 19.1 Å². The Labute approximate surface area is 117 Å². The van der Waals surface area contributed by atoms with E-state index in [9.17, 15) is 4.79 Å². The van der Waals surface area contributed by atoms with Gasteiger partial charge in [-0.05, 0) is 23.3 Å². The molecule has 0 aliphatic carbocycles. The van der Waals surface area contributed by atoms with E-state index in [4.69, 9.17) is 10.5 Å². The SMILES string of the molecule is NCC(c1ccccc1)c1ccc2c(c1)NC(=O)CO2. The number of carbonyl (C=O) groups is 1. The smallest absolute Gasteiger partial charge is 0.262 e. The van der Waals surface area contributed by atoms with Gasteiger partial charge in [0.1, 0.15) is 5.75 Å². The van der Waals surface area contributed by atoms with Crippen LogP contribution < -0.4 is 15.8 Å². The van der Waals surface area contributed by atoms with Crippen LogP contribution in [0.25, 0.3) is 0 Å². The normalized spacial score (nSPS) is 14.9. The number of fused-ring (bicyclic) bond motifs is 1. The van der Waals surface area contributed by atoms with Crippen molar-refractivity contribution in [2.24, 2.45) is 5.73 Å². The Morgan fingerprint density at radius 2 is 1.95 bits per heavy atom. The molecular formula is C16H16N2O2. The molecule has 0 spiro atoms. The number of anilines is 1. The topological polar surface area (TPSA) is 64.3 Å². The van der Waals surface area contributed by atoms with Crippen molar-refractivity contribution >= 4 is 11.6 Å². The molecule has 0 saturated heterocycles. The Morgan fingerprint density at radius 3 is 2.70 bits per heavy atom. The van der Waals surface area contributed by atoms with Crippen LogP contribution in [0.4, 0.5) is 5.69 Å². The Kier molecular flexibility index (Phi) is 3.39. The maximum atomic E-state index is 11.4. The van der Waals surface area contributed by atoms with Crippen LogP contribution in [0, 0.1) is 0 Å². The first-order valence-corrected chi connectivity index (χ1v) is 6.59. The van der Waals surface area contributed by atoms with Gasteiger partial charge in [-0.15, -0.1) is 0 Å². The zero-order valence-electron chi connectivity index (χ0n) is 11.0. The summed E-state index contributed by atoms with van der Waals surface area (Å²) in [7, 11) is 0. The molecule has 4 heteroatoms. The van der Waals surface area contributed by atoms with Gasteiger partial charge in [0.15, 0.2) is 6.61 Å². The summed E-state index contributed by atoms with van der Waals surface area (Å²) in [5.41, 5.74) is 8.87. The molecule has 1 aliphatic heterocycles. The summed E-state index contributed by atoms with van der Waals surface area (Å²) in [4.78, 5) is 11.4. The fourth-order valence-electron chi connectivity index (χ4n) is 2.47. The van der Waals surface area contributed by atoms with Gasteiger partial charge in [0.25, 0.3) is 5.91 Å². The van der Waals surface area contributed by atoms with E-state index < -0.39 is 0 Å². The van der Waals surface area contributed by atoms with Crippen molar-refractivity contribution in [3.8, 4) is 5.75 Å². The Balaban J connectivity index is 1.97. The Morgan fingerprint density at radius 1 is 1.15 bits per heavy atom. The summed E-state index contributed by atoms with van der Waals surface area (Å²) in [5, 5.41) is 2.83. The molecule has 0 fully saturated rings. The standard InChI is InChI=1S/C16H16N2O2/c17-9-13(11-4-2-1-3-5-11)12-6-7-15-14(8-12)18-16(19)10-20-15/h1-8,13H,9-10,17H2,(H,18,19). The van der Waals surface area contributed by atoms with E-state index in [1.807, 2.05) is 36.4 Å². The van der Waals surface area contributed by atoms with Crippen LogP contribution in [0.15, 0.2) is 48.5 Å². The van der Waals surface area contributed by atoms with Gasteiger partial charge >= 0.3 is 0 Å². The molecule has 102 valence electrons. The zero-order valence-corrected chi connectivity index (χ0v) is 11.0. The molecule has 0 saturated carbocycles. The van der Waals surface area contributed by atoms with Crippen LogP contribution in [0.3, 0.4) is 0 Å². The molecule has 1 unspecified atom stereocenters. The van der Waals surface area contributed by atoms with Gasteiger partial charge in [0.05, 0.1) is 5.69 Å². The summed E-state index contributed by atoms with van der Waals surface area (Å²) in [5.74, 6) is 0.691. The second-order valence-corrected chi connectivity index (χ2v) is 4.79. The lowest BCUT2D eigenvalue weighted by molar-refractivity contribution is -0.118. The number of nitrogens with two attached hydrogens (primary N) is 1. The molecule has 3 rings (SSSR count). The molecule has 2 aromatic rings. The summed E-state index contributed by atoms with van der Waals surface area (Å²) >= 11 is 0. The summed E-state index contributed by atoms with van der Waals surface area (Å²) in [6.45, 7) is 0.586. The van der Waals surface area contributed by atoms with Gasteiger partial charge in [-0.1, -0.05) is 36.4 Å². The Hall–Kier alpha value is -2.33. The predicted octanol–water partition coefficient (Wildman–Crippen LogP) is 2.11. The lowest BCUT2D eigenvalue weighted by Crippen LogP contribution is -2.25. The fourth-order valence-corrected chi connectivity index (χ4v) is 2.47. The van der Waals surface area contributed by atoms with E-state index in [1.54, 1.807) is 0 Å². The highest BCUT2D eigenvalue weighted by molar-refractivity contribution is 5.95. The number of hydrogen-bond acceptors (Lipinski definition) is 3. The van der Waals surface area contributed by atoms with Crippen molar-refractivity contribution in [3.63, 3.8) is 0 Å². The average Bonchev–Trinajstić information content (AvgIpc) is 2.49. The molecule has 3 N–H and O–H groups in total. The van der Waals surface area contributed by atoms with Gasteiger partial charge in [0, 0.05) is 12.5 Å². The molecule has 1 aliphatic rings. The van der Waals surface area contributed by atoms with Crippen molar-refractivity contribution in [2.45, 2.75) is 5.92 Å². The number of hydrogen-bond donors (Lipinski definition) is 2. The van der Waals surface area contributed by atoms with Crippen molar-refractivity contribution < 1.29 is 9.53 Å². The maximum absolute atomic E-state index is 11.4. The highest BCUT2D eigenvalue weighted by atomic mass is 16.5. The third-order valence-electron chi connectivity index (χ3n) is 3.48. The van der Waals surface area contributed by atoms with E-state index in [2.05, 4.69) is 17.4 Å². The third-order valence-corrected chi connectivity index (χ3v) is 3.48. The summed E-state index contributed by atoms with van der Waals surface area (Å²) < 4.78 is 5.37. The number of carbonyl (C=O) groups excluding carboxylic acids is 1. The van der Waals surface area contributed by atoms with E-state index in [0.29, 0.717) is 18.0 Å². The van der Waals surface area contributed by atoms with E-state index in [1.165, 1.54) is 0 Å². The van der Waals surface area contributed by atoms with Crippen LogP contribution >= 0.6 is 0 Å². The zero-order chi connectivity index (χ0) is 13.9. The van der Waals surface area contributed by atoms with Crippen molar-refractivity contribution in [2.75, 3.05) is 18.5 Å². The van der Waals surface area contributed by atoms with Gasteiger partial charge in [-0.25, -0.2) is 0 Å². The molecule has 0 bridgehead atoms. The van der Waals surface area contributed by atoms with Crippen LogP contribution in [-0.2, 0) is 4.79 Å². The van der Waals surface area contributed by atoms with E-state index in [-0.39, 0.29) is 18.4 Å². The first-order valence-electron chi connectivity index (χ1n) is 6.59. The summed E-state index contributed by atoms with van der Waals surface area (Å²) in [6.07, 6.45) is 0. The first-order chi connectivity index (χ1) is 9.78. The fraction of sp³-hybridized carbons (Fsp3) is 0.188. The predicted molar refractivity (Wildman–Crippen MR) is 77.9 cm³/mol. The molecular weight excluding hydrogens is 252 g/mol. The summed E-state index contributed by atoms with van der Waals surface area (Å²) in [6, 6.07) is 15.9. The lowest BCUT2D eigenvalue weighted by Gasteiger charge is -2.21. The highest BCUT2D eigenvalue weighted by Crippen LogP contribution is 2.33. The second kappa shape index (κ2) is 5.35. The number of rotatable bonds is 3. The molecule has 4 nitrogen and oxygen atoms in total. The molecule has 0 aromatic heterocycles. The lowest BCUT2D eigenvalue weighted by atomic mass is 9.91. The van der Waals surface area contributed by atoms with E-state index >= 15 is 0 Å². The van der Waals surface area contributed by atoms with Crippen LogP contribution in [0.1, 0.15) is 17.0 Å². The molecule has 0 radical (unpaired) electrons. The van der Waals surface area contributed by atoms with Gasteiger partial charge < -0.3 is 15.8 Å². The first kappa shape index (κ1) is 12.7. The molecule has 1 atom stereocenters. The Bertz CT molecular complexity index is 626. The van der Waals surface area contributed by atoms with E-state index in [0.717, 1.165) is 11.1 Å². The third kappa shape index (κ3) is 2.38. The maximum Gasteiger partial charge on any atom is 0.262 e. The number of ether oxygens (including phenoxy) is 1. The molecule has 1 amide bonds. The highest BCUT2D eigenvalue weighted by Gasteiger charge is 2.19. The van der Waals surface area contributed by atoms with Crippen molar-refractivity contribution in [3.05, 3.63) is 59.7 Å². The largest absolute Gasteiger partial charge is 0.482 e. The minimum atomic E-state index is -0.126. The quantitative estimate of drug-likeness (QED) is 0.896. The van der Waals surface area contributed by atoms with Crippen LogP contribution in [0.2, 0.25) is 0 Å². The molecule has 1 heterocycles. The minimum Gasteiger partial charge on any atom is -0.482 e. The number of nitrogens with one attached hydrogen (secondary N) is 1.